The van der Waals surface area contributed by atoms with Gasteiger partial charge in [-0.1, -0.05) is 6.92 Å². The summed E-state index contributed by atoms with van der Waals surface area (Å²) < 4.78 is 39.4. The quantitative estimate of drug-likeness (QED) is 0.776. The first-order valence-electron chi connectivity index (χ1n) is 5.99. The van der Waals surface area contributed by atoms with Gasteiger partial charge in [0, 0.05) is 13.1 Å². The van der Waals surface area contributed by atoms with Crippen molar-refractivity contribution < 1.29 is 22.7 Å². The molecular formula is C12H17FN2O4S. The molecule has 0 unspecified atom stereocenters. The number of aromatic carboxylic acids is 1. The van der Waals surface area contributed by atoms with Crippen molar-refractivity contribution in [1.29, 1.82) is 0 Å². The van der Waals surface area contributed by atoms with E-state index in [2.05, 4.69) is 4.72 Å². The fraction of sp³-hybridized carbons (Fsp3) is 0.417. The molecule has 6 nitrogen and oxygen atoms in total. The molecule has 0 bridgehead atoms. The second-order valence-corrected chi connectivity index (χ2v) is 6.01. The van der Waals surface area contributed by atoms with Crippen molar-refractivity contribution in [1.82, 2.24) is 9.62 Å². The molecule has 112 valence electrons. The summed E-state index contributed by atoms with van der Waals surface area (Å²) in [5.41, 5.74) is -0.668. The maximum Gasteiger partial charge on any atom is 0.338 e. The van der Waals surface area contributed by atoms with E-state index in [1.807, 2.05) is 18.9 Å². The predicted octanol–water partition coefficient (Wildman–Crippen LogP) is 0.754. The van der Waals surface area contributed by atoms with Crippen molar-refractivity contribution in [3.05, 3.63) is 29.6 Å². The Morgan fingerprint density at radius 2 is 2.10 bits per heavy atom. The lowest BCUT2D eigenvalue weighted by atomic mass is 10.2. The fourth-order valence-electron chi connectivity index (χ4n) is 1.45. The molecule has 8 heteroatoms. The third kappa shape index (κ3) is 4.26. The van der Waals surface area contributed by atoms with Crippen LogP contribution in [0.1, 0.15) is 17.3 Å². The van der Waals surface area contributed by atoms with E-state index in [1.165, 1.54) is 0 Å². The number of rotatable bonds is 7. The van der Waals surface area contributed by atoms with E-state index >= 15 is 0 Å². The normalized spacial score (nSPS) is 11.8. The molecular weight excluding hydrogens is 287 g/mol. The summed E-state index contributed by atoms with van der Waals surface area (Å²) in [5, 5.41) is 8.77. The minimum atomic E-state index is -3.84. The van der Waals surface area contributed by atoms with Crippen LogP contribution in [0.4, 0.5) is 4.39 Å². The number of carboxylic acids is 1. The van der Waals surface area contributed by atoms with Crippen LogP contribution in [-0.2, 0) is 10.0 Å². The van der Waals surface area contributed by atoms with E-state index in [0.717, 1.165) is 24.7 Å². The molecule has 0 saturated carbocycles. The molecule has 20 heavy (non-hydrogen) atoms. The minimum absolute atomic E-state index is 0.187. The summed E-state index contributed by atoms with van der Waals surface area (Å²) in [6.45, 7) is 3.42. The van der Waals surface area contributed by atoms with Gasteiger partial charge in [-0.15, -0.1) is 0 Å². The molecule has 0 heterocycles. The zero-order valence-corrected chi connectivity index (χ0v) is 12.1. The van der Waals surface area contributed by atoms with Crippen LogP contribution in [0.25, 0.3) is 0 Å². The topological polar surface area (TPSA) is 86.7 Å². The van der Waals surface area contributed by atoms with Crippen molar-refractivity contribution in [3.63, 3.8) is 0 Å². The molecule has 1 aromatic carbocycles. The number of sulfonamides is 1. The van der Waals surface area contributed by atoms with E-state index in [0.29, 0.717) is 6.54 Å². The van der Waals surface area contributed by atoms with Crippen LogP contribution >= 0.6 is 0 Å². The number of nitrogens with zero attached hydrogens (tertiary/aromatic N) is 1. The maximum absolute atomic E-state index is 13.2. The lowest BCUT2D eigenvalue weighted by Gasteiger charge is -2.14. The second-order valence-electron chi connectivity index (χ2n) is 4.24. The summed E-state index contributed by atoms with van der Waals surface area (Å²) in [6.07, 6.45) is 0. The molecule has 0 amide bonds. The van der Waals surface area contributed by atoms with Gasteiger partial charge in [-0.2, -0.15) is 0 Å². The average Bonchev–Trinajstić information content (AvgIpc) is 2.38. The highest BCUT2D eigenvalue weighted by Crippen LogP contribution is 2.15. The first-order chi connectivity index (χ1) is 9.27. The van der Waals surface area contributed by atoms with Crippen LogP contribution in [0.3, 0.4) is 0 Å². The Labute approximate surface area is 117 Å². The predicted molar refractivity (Wildman–Crippen MR) is 71.7 cm³/mol. The molecule has 0 aliphatic carbocycles. The number of hydrogen-bond acceptors (Lipinski definition) is 4. The van der Waals surface area contributed by atoms with Crippen molar-refractivity contribution in [2.75, 3.05) is 26.7 Å². The minimum Gasteiger partial charge on any atom is -0.478 e. The summed E-state index contributed by atoms with van der Waals surface area (Å²) in [5.74, 6) is -2.48. The van der Waals surface area contributed by atoms with Crippen LogP contribution in [0, 0.1) is 5.82 Å². The van der Waals surface area contributed by atoms with Gasteiger partial charge >= 0.3 is 5.97 Å². The fourth-order valence-corrected chi connectivity index (χ4v) is 2.49. The van der Waals surface area contributed by atoms with Crippen LogP contribution in [0.15, 0.2) is 23.1 Å². The zero-order chi connectivity index (χ0) is 15.3. The Balaban J connectivity index is 2.88. The van der Waals surface area contributed by atoms with Gasteiger partial charge < -0.3 is 10.0 Å². The molecule has 2 N–H and O–H groups in total. The number of nitrogens with one attached hydrogen (secondary N) is 1. The largest absolute Gasteiger partial charge is 0.478 e. The number of benzene rings is 1. The van der Waals surface area contributed by atoms with E-state index in [9.17, 15) is 17.6 Å². The number of likely N-dealkylation sites (N-methyl/N-ethyl adjacent to an activating group) is 1. The van der Waals surface area contributed by atoms with Crippen molar-refractivity contribution in [2.45, 2.75) is 11.8 Å². The molecule has 0 atom stereocenters. The van der Waals surface area contributed by atoms with E-state index in [1.54, 1.807) is 0 Å². The lowest BCUT2D eigenvalue weighted by molar-refractivity contribution is 0.0691. The molecule has 0 aromatic heterocycles. The highest BCUT2D eigenvalue weighted by molar-refractivity contribution is 7.89. The Morgan fingerprint density at radius 3 is 2.65 bits per heavy atom. The zero-order valence-electron chi connectivity index (χ0n) is 11.3. The van der Waals surface area contributed by atoms with Gasteiger partial charge in [0.05, 0.1) is 10.5 Å². The number of carbonyl (C=O) groups is 1. The van der Waals surface area contributed by atoms with Gasteiger partial charge in [0.2, 0.25) is 10.0 Å². The second kappa shape index (κ2) is 6.78. The van der Waals surface area contributed by atoms with Crippen LogP contribution in [0.2, 0.25) is 0 Å². The highest BCUT2D eigenvalue weighted by atomic mass is 32.2. The molecule has 0 fully saturated rings. The molecule has 0 saturated heterocycles. The Kier molecular flexibility index (Phi) is 5.61. The van der Waals surface area contributed by atoms with E-state index in [-0.39, 0.29) is 11.4 Å². The highest BCUT2D eigenvalue weighted by Gasteiger charge is 2.18. The first-order valence-corrected chi connectivity index (χ1v) is 7.47. The third-order valence-electron chi connectivity index (χ3n) is 2.80. The van der Waals surface area contributed by atoms with Crippen LogP contribution in [-0.4, -0.2) is 51.1 Å². The molecule has 1 aromatic rings. The Morgan fingerprint density at radius 1 is 1.45 bits per heavy atom. The number of carboxylic acid groups (broad SMARTS) is 1. The molecule has 0 radical (unpaired) electrons. The molecule has 1 rings (SSSR count). The first kappa shape index (κ1) is 16.5. The average molecular weight is 304 g/mol. The van der Waals surface area contributed by atoms with Crippen molar-refractivity contribution in [2.24, 2.45) is 0 Å². The molecule has 0 spiro atoms. The van der Waals surface area contributed by atoms with Gasteiger partial charge in [-0.25, -0.2) is 22.3 Å². The SMILES string of the molecule is CCN(C)CCNS(=O)(=O)c1ccc(F)c(C(=O)O)c1. The van der Waals surface area contributed by atoms with Crippen molar-refractivity contribution in [3.8, 4) is 0 Å². The summed E-state index contributed by atoms with van der Waals surface area (Å²) in [7, 11) is -2.00. The van der Waals surface area contributed by atoms with E-state index in [4.69, 9.17) is 5.11 Å². The van der Waals surface area contributed by atoms with Crippen molar-refractivity contribution >= 4 is 16.0 Å². The van der Waals surface area contributed by atoms with Crippen LogP contribution < -0.4 is 4.72 Å². The van der Waals surface area contributed by atoms with Gasteiger partial charge in [-0.3, -0.25) is 0 Å². The Hall–Kier alpha value is -1.51. The standard InChI is InChI=1S/C12H17FN2O4S/c1-3-15(2)7-6-14-20(18,19)9-4-5-11(13)10(8-9)12(16)17/h4-5,8,14H,3,6-7H2,1-2H3,(H,16,17). The van der Waals surface area contributed by atoms with Gasteiger partial charge in [0.15, 0.2) is 0 Å². The number of hydrogen-bond donors (Lipinski definition) is 2. The monoisotopic (exact) mass is 304 g/mol. The maximum atomic E-state index is 13.2. The molecule has 0 aliphatic rings. The lowest BCUT2D eigenvalue weighted by Crippen LogP contribution is -2.33. The van der Waals surface area contributed by atoms with Crippen LogP contribution in [0.5, 0.6) is 0 Å². The number of halogens is 1. The summed E-state index contributed by atoms with van der Waals surface area (Å²) in [6, 6.07) is 2.67. The Bertz CT molecular complexity index is 589. The van der Waals surface area contributed by atoms with Gasteiger partial charge in [0.1, 0.15) is 5.82 Å². The van der Waals surface area contributed by atoms with E-state index < -0.39 is 27.4 Å². The summed E-state index contributed by atoms with van der Waals surface area (Å²) in [4.78, 5) is 12.4. The van der Waals surface area contributed by atoms with Gasteiger partial charge in [-0.05, 0) is 31.8 Å². The third-order valence-corrected chi connectivity index (χ3v) is 4.26. The summed E-state index contributed by atoms with van der Waals surface area (Å²) >= 11 is 0. The molecule has 0 aliphatic heterocycles. The van der Waals surface area contributed by atoms with Gasteiger partial charge in [0.25, 0.3) is 0 Å². The smallest absolute Gasteiger partial charge is 0.338 e.